The number of ether oxygens (including phenoxy) is 3. The molecule has 0 atom stereocenters. The lowest BCUT2D eigenvalue weighted by atomic mass is 10.1. The molecule has 7 heteroatoms. The van der Waals surface area contributed by atoms with Gasteiger partial charge in [0, 0.05) is 10.7 Å². The second-order valence-corrected chi connectivity index (χ2v) is 6.78. The van der Waals surface area contributed by atoms with Gasteiger partial charge < -0.3 is 14.2 Å². The van der Waals surface area contributed by atoms with Gasteiger partial charge in [-0.15, -0.1) is 0 Å². The zero-order chi connectivity index (χ0) is 14.5. The Balaban J connectivity index is 2.90. The average Bonchev–Trinajstić information content (AvgIpc) is 2.35. The van der Waals surface area contributed by atoms with Crippen LogP contribution in [0.25, 0.3) is 0 Å². The fourth-order valence-electron chi connectivity index (χ4n) is 1.73. The molecular formula is C12H17ClO5S. The number of halogens is 1. The molecule has 0 radical (unpaired) electrons. The molecule has 0 saturated heterocycles. The second kappa shape index (κ2) is 6.86. The summed E-state index contributed by atoms with van der Waals surface area (Å²) in [4.78, 5) is 0. The van der Waals surface area contributed by atoms with E-state index in [0.29, 0.717) is 30.1 Å². The highest BCUT2D eigenvalue weighted by Gasteiger charge is 2.13. The number of aryl methyl sites for hydroxylation is 1. The Hall–Kier alpha value is -1.14. The summed E-state index contributed by atoms with van der Waals surface area (Å²) in [7, 11) is 6.31. The standard InChI is InChI=1S/C12H17ClO5S/c1-16-10-7-9(5-4-6-19(13,14)15)8-11(17-2)12(10)18-3/h7-8H,4-6H2,1-3H3. The SMILES string of the molecule is COc1cc(CCCS(=O)(=O)Cl)cc(OC)c1OC. The zero-order valence-corrected chi connectivity index (χ0v) is 12.7. The van der Waals surface area contributed by atoms with Crippen LogP contribution in [0.5, 0.6) is 17.2 Å². The normalized spacial score (nSPS) is 11.2. The molecule has 0 fully saturated rings. The smallest absolute Gasteiger partial charge is 0.232 e. The fourth-order valence-corrected chi connectivity index (χ4v) is 2.54. The van der Waals surface area contributed by atoms with E-state index in [9.17, 15) is 8.42 Å². The summed E-state index contributed by atoms with van der Waals surface area (Å²) in [6.45, 7) is 0. The first-order valence-electron chi connectivity index (χ1n) is 5.62. The third kappa shape index (κ3) is 4.80. The molecule has 19 heavy (non-hydrogen) atoms. The molecule has 0 aliphatic heterocycles. The molecule has 0 bridgehead atoms. The van der Waals surface area contributed by atoms with Gasteiger partial charge in [-0.25, -0.2) is 8.42 Å². The molecule has 0 aliphatic carbocycles. The highest BCUT2D eigenvalue weighted by atomic mass is 35.7. The molecule has 0 spiro atoms. The quantitative estimate of drug-likeness (QED) is 0.723. The van der Waals surface area contributed by atoms with Gasteiger partial charge in [0.2, 0.25) is 14.8 Å². The Morgan fingerprint density at radius 1 is 1.05 bits per heavy atom. The van der Waals surface area contributed by atoms with Crippen molar-refractivity contribution in [2.24, 2.45) is 0 Å². The maximum absolute atomic E-state index is 10.9. The van der Waals surface area contributed by atoms with Gasteiger partial charge in [0.15, 0.2) is 11.5 Å². The highest BCUT2D eigenvalue weighted by molar-refractivity contribution is 8.13. The first-order chi connectivity index (χ1) is 8.91. The predicted molar refractivity (Wildman–Crippen MR) is 74.1 cm³/mol. The van der Waals surface area contributed by atoms with Gasteiger partial charge >= 0.3 is 0 Å². The van der Waals surface area contributed by atoms with E-state index in [4.69, 9.17) is 24.9 Å². The lowest BCUT2D eigenvalue weighted by Crippen LogP contribution is -2.01. The van der Waals surface area contributed by atoms with Crippen molar-refractivity contribution in [3.63, 3.8) is 0 Å². The molecule has 0 aromatic heterocycles. The molecule has 108 valence electrons. The van der Waals surface area contributed by atoms with E-state index < -0.39 is 9.05 Å². The summed E-state index contributed by atoms with van der Waals surface area (Å²) in [5.74, 6) is 1.54. The van der Waals surface area contributed by atoms with Gasteiger partial charge in [-0.3, -0.25) is 0 Å². The zero-order valence-electron chi connectivity index (χ0n) is 11.1. The Morgan fingerprint density at radius 2 is 1.58 bits per heavy atom. The minimum atomic E-state index is -3.45. The van der Waals surface area contributed by atoms with Crippen LogP contribution in [0, 0.1) is 0 Å². The maximum Gasteiger partial charge on any atom is 0.232 e. The molecule has 0 amide bonds. The topological polar surface area (TPSA) is 61.8 Å². The number of benzene rings is 1. The summed E-state index contributed by atoms with van der Waals surface area (Å²) >= 11 is 0. The van der Waals surface area contributed by atoms with Gasteiger partial charge in [0.1, 0.15) is 0 Å². The lowest BCUT2D eigenvalue weighted by Gasteiger charge is -2.13. The third-order valence-electron chi connectivity index (χ3n) is 2.58. The monoisotopic (exact) mass is 308 g/mol. The summed E-state index contributed by atoms with van der Waals surface area (Å²) in [5.41, 5.74) is 0.898. The number of hydrogen-bond donors (Lipinski definition) is 0. The van der Waals surface area contributed by atoms with E-state index in [-0.39, 0.29) is 5.75 Å². The molecule has 1 rings (SSSR count). The van der Waals surface area contributed by atoms with E-state index in [2.05, 4.69) is 0 Å². The van der Waals surface area contributed by atoms with Crippen molar-refractivity contribution in [3.05, 3.63) is 17.7 Å². The summed E-state index contributed by atoms with van der Waals surface area (Å²) in [6, 6.07) is 3.59. The first-order valence-corrected chi connectivity index (χ1v) is 8.10. The average molecular weight is 309 g/mol. The van der Waals surface area contributed by atoms with E-state index >= 15 is 0 Å². The third-order valence-corrected chi connectivity index (χ3v) is 3.82. The van der Waals surface area contributed by atoms with Crippen LogP contribution in [0.3, 0.4) is 0 Å². The van der Waals surface area contributed by atoms with Crippen LogP contribution in [0.4, 0.5) is 0 Å². The fraction of sp³-hybridized carbons (Fsp3) is 0.500. The Morgan fingerprint density at radius 3 is 1.95 bits per heavy atom. The Labute approximate surface area is 117 Å². The Bertz CT molecular complexity index is 502. The first kappa shape index (κ1) is 15.9. The van der Waals surface area contributed by atoms with Crippen LogP contribution in [0.2, 0.25) is 0 Å². The largest absolute Gasteiger partial charge is 0.493 e. The molecule has 1 aromatic carbocycles. The lowest BCUT2D eigenvalue weighted by molar-refractivity contribution is 0.324. The molecule has 0 saturated carbocycles. The van der Waals surface area contributed by atoms with Crippen molar-refractivity contribution in [3.8, 4) is 17.2 Å². The maximum atomic E-state index is 10.9. The number of rotatable bonds is 7. The van der Waals surface area contributed by atoms with Crippen LogP contribution >= 0.6 is 10.7 Å². The molecule has 0 heterocycles. The highest BCUT2D eigenvalue weighted by Crippen LogP contribution is 2.38. The van der Waals surface area contributed by atoms with Gasteiger partial charge in [-0.05, 0) is 30.5 Å². The van der Waals surface area contributed by atoms with Crippen LogP contribution < -0.4 is 14.2 Å². The van der Waals surface area contributed by atoms with Crippen molar-refractivity contribution in [2.75, 3.05) is 27.1 Å². The molecule has 0 aliphatic rings. The number of hydrogen-bond acceptors (Lipinski definition) is 5. The van der Waals surface area contributed by atoms with Gasteiger partial charge in [-0.1, -0.05) is 0 Å². The van der Waals surface area contributed by atoms with Crippen LogP contribution in [-0.2, 0) is 15.5 Å². The minimum absolute atomic E-state index is 0.0643. The van der Waals surface area contributed by atoms with Gasteiger partial charge in [-0.2, -0.15) is 0 Å². The summed E-state index contributed by atoms with van der Waals surface area (Å²) in [6.07, 6.45) is 0.993. The van der Waals surface area contributed by atoms with Gasteiger partial charge in [0.05, 0.1) is 27.1 Å². The predicted octanol–water partition coefficient (Wildman–Crippen LogP) is 2.21. The Kier molecular flexibility index (Phi) is 5.75. The van der Waals surface area contributed by atoms with Crippen LogP contribution in [0.15, 0.2) is 12.1 Å². The van der Waals surface area contributed by atoms with Crippen molar-refractivity contribution >= 4 is 19.7 Å². The molecule has 1 aromatic rings. The molecule has 0 unspecified atom stereocenters. The van der Waals surface area contributed by atoms with Crippen molar-refractivity contribution in [2.45, 2.75) is 12.8 Å². The van der Waals surface area contributed by atoms with E-state index in [1.54, 1.807) is 12.1 Å². The van der Waals surface area contributed by atoms with Crippen LogP contribution in [-0.4, -0.2) is 35.5 Å². The van der Waals surface area contributed by atoms with Gasteiger partial charge in [0.25, 0.3) is 0 Å². The molecular weight excluding hydrogens is 292 g/mol. The molecule has 5 nitrogen and oxygen atoms in total. The van der Waals surface area contributed by atoms with Crippen molar-refractivity contribution in [1.82, 2.24) is 0 Å². The van der Waals surface area contributed by atoms with E-state index in [0.717, 1.165) is 5.56 Å². The second-order valence-electron chi connectivity index (χ2n) is 3.88. The van der Waals surface area contributed by atoms with E-state index in [1.807, 2.05) is 0 Å². The minimum Gasteiger partial charge on any atom is -0.493 e. The molecule has 0 N–H and O–H groups in total. The number of methoxy groups -OCH3 is 3. The van der Waals surface area contributed by atoms with Crippen molar-refractivity contribution < 1.29 is 22.6 Å². The van der Waals surface area contributed by atoms with Crippen LogP contribution in [0.1, 0.15) is 12.0 Å². The summed E-state index contributed by atoms with van der Waals surface area (Å²) in [5, 5.41) is 0. The van der Waals surface area contributed by atoms with Crippen molar-refractivity contribution in [1.29, 1.82) is 0 Å². The van der Waals surface area contributed by atoms with E-state index in [1.165, 1.54) is 21.3 Å². The summed E-state index contributed by atoms with van der Waals surface area (Å²) < 4.78 is 37.4.